The summed E-state index contributed by atoms with van der Waals surface area (Å²) in [5, 5.41) is 19.9. The maximum Gasteiger partial charge on any atom is 0.407 e. The van der Waals surface area contributed by atoms with Gasteiger partial charge in [-0.2, -0.15) is 0 Å². The predicted octanol–water partition coefficient (Wildman–Crippen LogP) is 4.58. The number of alkyl carbamates (subject to hydrolysis) is 1. The van der Waals surface area contributed by atoms with Crippen molar-refractivity contribution in [1.82, 2.24) is 15.5 Å². The van der Waals surface area contributed by atoms with Crippen LogP contribution < -0.4 is 5.32 Å². The van der Waals surface area contributed by atoms with Crippen molar-refractivity contribution >= 4 is 12.1 Å². The Morgan fingerprint density at radius 3 is 2.17 bits per heavy atom. The summed E-state index contributed by atoms with van der Waals surface area (Å²) in [7, 11) is 0. The number of nitrogens with one attached hydrogen (secondary N) is 1. The lowest BCUT2D eigenvalue weighted by molar-refractivity contribution is -0.139. The maximum absolute atomic E-state index is 12.5. The molecule has 0 fully saturated rings. The van der Waals surface area contributed by atoms with Crippen LogP contribution in [0.3, 0.4) is 0 Å². The predicted molar refractivity (Wildman–Crippen MR) is 128 cm³/mol. The lowest BCUT2D eigenvalue weighted by Crippen LogP contribution is -2.42. The summed E-state index contributed by atoms with van der Waals surface area (Å²) in [6.07, 6.45) is -0.667. The number of aliphatic carboxylic acids is 1. The van der Waals surface area contributed by atoms with Crippen LogP contribution in [0.15, 0.2) is 77.2 Å². The van der Waals surface area contributed by atoms with Crippen LogP contribution in [-0.2, 0) is 16.0 Å². The summed E-state index contributed by atoms with van der Waals surface area (Å²) in [6.45, 7) is 1.82. The molecule has 3 aromatic carbocycles. The Bertz CT molecular complexity index is 1330. The molecule has 8 heteroatoms. The summed E-state index contributed by atoms with van der Waals surface area (Å²) < 4.78 is 10.9. The van der Waals surface area contributed by atoms with Gasteiger partial charge in [0.15, 0.2) is 0 Å². The zero-order valence-electron chi connectivity index (χ0n) is 19.0. The van der Waals surface area contributed by atoms with Gasteiger partial charge in [0.05, 0.1) is 0 Å². The first-order valence-corrected chi connectivity index (χ1v) is 11.2. The average Bonchev–Trinajstić information content (AvgIpc) is 3.44. The second kappa shape index (κ2) is 9.42. The number of carbonyl (C=O) groups is 2. The summed E-state index contributed by atoms with van der Waals surface area (Å²) in [5.74, 6) is -0.393. The van der Waals surface area contributed by atoms with Gasteiger partial charge in [-0.15, -0.1) is 10.2 Å². The van der Waals surface area contributed by atoms with Crippen molar-refractivity contribution in [2.75, 3.05) is 6.61 Å². The summed E-state index contributed by atoms with van der Waals surface area (Å²) in [6, 6.07) is 22.0. The molecule has 2 N–H and O–H groups in total. The van der Waals surface area contributed by atoms with Crippen molar-refractivity contribution in [3.63, 3.8) is 0 Å². The standard InChI is InChI=1S/C27H23N3O5/c1-16-29-30-25(35-16)18-12-10-17(11-13-18)14-24(26(31)32)28-27(33)34-15-23-21-8-4-2-6-19(21)20-7-3-5-9-22(20)23/h2-13,23-24H,14-15H2,1H3,(H,28,33)(H,31,32)/t24-/m0/s1. The number of ether oxygens (including phenoxy) is 1. The smallest absolute Gasteiger partial charge is 0.407 e. The molecule has 0 unspecified atom stereocenters. The molecule has 1 atom stereocenters. The fourth-order valence-corrected chi connectivity index (χ4v) is 4.41. The molecular formula is C27H23N3O5. The molecule has 1 aromatic heterocycles. The largest absolute Gasteiger partial charge is 0.480 e. The summed E-state index contributed by atoms with van der Waals surface area (Å²) in [5.41, 5.74) is 5.89. The van der Waals surface area contributed by atoms with Gasteiger partial charge >= 0.3 is 12.1 Å². The second-order valence-corrected chi connectivity index (χ2v) is 8.39. The first kappa shape index (κ1) is 22.3. The van der Waals surface area contributed by atoms with Crippen molar-refractivity contribution in [3.05, 3.63) is 95.4 Å². The molecule has 8 nitrogen and oxygen atoms in total. The zero-order valence-corrected chi connectivity index (χ0v) is 19.0. The Kier molecular flexibility index (Phi) is 6.01. The van der Waals surface area contributed by atoms with E-state index in [0.717, 1.165) is 33.4 Å². The minimum absolute atomic E-state index is 0.0997. The van der Waals surface area contributed by atoms with Gasteiger partial charge in [-0.25, -0.2) is 9.59 Å². The molecule has 1 heterocycles. The van der Waals surface area contributed by atoms with Gasteiger partial charge in [0.25, 0.3) is 0 Å². The van der Waals surface area contributed by atoms with Crippen LogP contribution in [-0.4, -0.2) is 40.0 Å². The molecule has 0 saturated carbocycles. The van der Waals surface area contributed by atoms with Crippen LogP contribution in [0.25, 0.3) is 22.6 Å². The SMILES string of the molecule is Cc1nnc(-c2ccc(C[C@H](NC(=O)OCC3c4ccccc4-c4ccccc43)C(=O)O)cc2)o1. The van der Waals surface area contributed by atoms with E-state index in [0.29, 0.717) is 11.8 Å². The lowest BCUT2D eigenvalue weighted by Gasteiger charge is -2.17. The molecule has 35 heavy (non-hydrogen) atoms. The van der Waals surface area contributed by atoms with E-state index in [4.69, 9.17) is 9.15 Å². The number of rotatable bonds is 7. The Balaban J connectivity index is 1.23. The first-order chi connectivity index (χ1) is 17.0. The number of carbonyl (C=O) groups excluding carboxylic acids is 1. The van der Waals surface area contributed by atoms with Crippen molar-refractivity contribution in [3.8, 4) is 22.6 Å². The van der Waals surface area contributed by atoms with Gasteiger partial charge in [0, 0.05) is 24.8 Å². The normalized spacial score (nSPS) is 13.1. The monoisotopic (exact) mass is 469 g/mol. The second-order valence-electron chi connectivity index (χ2n) is 8.39. The van der Waals surface area contributed by atoms with E-state index >= 15 is 0 Å². The van der Waals surface area contributed by atoms with Gasteiger partial charge in [-0.3, -0.25) is 0 Å². The molecule has 0 aliphatic heterocycles. The number of benzene rings is 3. The number of amides is 1. The van der Waals surface area contributed by atoms with Crippen molar-refractivity contribution < 1.29 is 23.8 Å². The van der Waals surface area contributed by atoms with Crippen LogP contribution in [0.4, 0.5) is 4.79 Å². The number of aromatic nitrogens is 2. The molecule has 0 saturated heterocycles. The zero-order chi connectivity index (χ0) is 24.4. The van der Waals surface area contributed by atoms with E-state index in [-0.39, 0.29) is 18.9 Å². The third kappa shape index (κ3) is 4.63. The first-order valence-electron chi connectivity index (χ1n) is 11.2. The number of hydrogen-bond donors (Lipinski definition) is 2. The molecule has 4 aromatic rings. The number of fused-ring (bicyclic) bond motifs is 3. The van der Waals surface area contributed by atoms with E-state index < -0.39 is 18.1 Å². The van der Waals surface area contributed by atoms with Crippen molar-refractivity contribution in [1.29, 1.82) is 0 Å². The van der Waals surface area contributed by atoms with Gasteiger partial charge in [-0.1, -0.05) is 60.7 Å². The molecule has 1 aliphatic carbocycles. The fourth-order valence-electron chi connectivity index (χ4n) is 4.41. The van der Waals surface area contributed by atoms with Gasteiger partial charge in [0.1, 0.15) is 12.6 Å². The van der Waals surface area contributed by atoms with Gasteiger partial charge < -0.3 is 19.6 Å². The van der Waals surface area contributed by atoms with E-state index in [1.807, 2.05) is 36.4 Å². The van der Waals surface area contributed by atoms with Crippen LogP contribution >= 0.6 is 0 Å². The molecular weight excluding hydrogens is 446 g/mol. The number of carboxylic acid groups (broad SMARTS) is 1. The summed E-state index contributed by atoms with van der Waals surface area (Å²) >= 11 is 0. The third-order valence-corrected chi connectivity index (χ3v) is 6.10. The number of nitrogens with zero attached hydrogens (tertiary/aromatic N) is 2. The van der Waals surface area contributed by atoms with Crippen molar-refractivity contribution in [2.45, 2.75) is 25.3 Å². The molecule has 176 valence electrons. The highest BCUT2D eigenvalue weighted by atomic mass is 16.5. The third-order valence-electron chi connectivity index (χ3n) is 6.10. The fraction of sp³-hybridized carbons (Fsp3) is 0.185. The maximum atomic E-state index is 12.5. The number of hydrogen-bond acceptors (Lipinski definition) is 6. The Morgan fingerprint density at radius 1 is 0.971 bits per heavy atom. The van der Waals surface area contributed by atoms with Gasteiger partial charge in [-0.05, 0) is 39.9 Å². The minimum atomic E-state index is -1.14. The summed E-state index contributed by atoms with van der Waals surface area (Å²) in [4.78, 5) is 24.4. The average molecular weight is 469 g/mol. The molecule has 0 radical (unpaired) electrons. The van der Waals surface area contributed by atoms with E-state index in [2.05, 4.69) is 27.6 Å². The quantitative estimate of drug-likeness (QED) is 0.407. The Hall–Kier alpha value is -4.46. The Labute approximate surface area is 201 Å². The van der Waals surface area contributed by atoms with Crippen molar-refractivity contribution in [2.24, 2.45) is 0 Å². The molecule has 0 bridgehead atoms. The topological polar surface area (TPSA) is 115 Å². The van der Waals surface area contributed by atoms with E-state index in [1.165, 1.54) is 0 Å². The van der Waals surface area contributed by atoms with E-state index in [1.54, 1.807) is 31.2 Å². The molecule has 1 aliphatic rings. The number of carboxylic acids is 1. The molecule has 1 amide bonds. The Morgan fingerprint density at radius 2 is 1.60 bits per heavy atom. The highest BCUT2D eigenvalue weighted by Crippen LogP contribution is 2.44. The van der Waals surface area contributed by atoms with Crippen LogP contribution in [0.5, 0.6) is 0 Å². The van der Waals surface area contributed by atoms with E-state index in [9.17, 15) is 14.7 Å². The number of aryl methyl sites for hydroxylation is 1. The van der Waals surface area contributed by atoms with Crippen LogP contribution in [0.2, 0.25) is 0 Å². The minimum Gasteiger partial charge on any atom is -0.480 e. The highest BCUT2D eigenvalue weighted by Gasteiger charge is 2.29. The lowest BCUT2D eigenvalue weighted by atomic mass is 9.98. The van der Waals surface area contributed by atoms with Crippen LogP contribution in [0, 0.1) is 6.92 Å². The van der Waals surface area contributed by atoms with Crippen LogP contribution in [0.1, 0.15) is 28.5 Å². The molecule has 5 rings (SSSR count). The van der Waals surface area contributed by atoms with Gasteiger partial charge in [0.2, 0.25) is 11.8 Å². The molecule has 0 spiro atoms. The highest BCUT2D eigenvalue weighted by molar-refractivity contribution is 5.81.